The van der Waals surface area contributed by atoms with Gasteiger partial charge < -0.3 is 0 Å². The van der Waals surface area contributed by atoms with Gasteiger partial charge in [0.15, 0.2) is 0 Å². The fourth-order valence-corrected chi connectivity index (χ4v) is 0.609. The third kappa shape index (κ3) is 6.07. The molecule has 0 amide bonds. The zero-order chi connectivity index (χ0) is 6.57. The fourth-order valence-electron chi connectivity index (χ4n) is 0.203. The monoisotopic (exact) mass is 137 g/mol. The van der Waals surface area contributed by atoms with Crippen LogP contribution in [-0.4, -0.2) is 10.8 Å². The van der Waals surface area contributed by atoms with Crippen LogP contribution in [0.15, 0.2) is 0 Å². The van der Waals surface area contributed by atoms with E-state index >= 15 is 0 Å². The summed E-state index contributed by atoms with van der Waals surface area (Å²) in [7, 11) is 0. The van der Waals surface area contributed by atoms with E-state index in [2.05, 4.69) is 4.18 Å². The van der Waals surface area contributed by atoms with Crippen LogP contribution < -0.4 is 5.14 Å². The SMILES string of the molecule is CC(C)COS(N)=O. The summed E-state index contributed by atoms with van der Waals surface area (Å²) in [5.74, 6) is 0.391. The molecule has 8 heavy (non-hydrogen) atoms. The largest absolute Gasteiger partial charge is 0.278 e. The molecule has 4 heteroatoms. The minimum Gasteiger partial charge on any atom is -0.278 e. The molecule has 0 bridgehead atoms. The van der Waals surface area contributed by atoms with Gasteiger partial charge in [-0.3, -0.25) is 4.18 Å². The lowest BCUT2D eigenvalue weighted by Gasteiger charge is -2.00. The highest BCUT2D eigenvalue weighted by Crippen LogP contribution is 1.91. The average molecular weight is 137 g/mol. The van der Waals surface area contributed by atoms with Crippen molar-refractivity contribution in [3.63, 3.8) is 0 Å². The average Bonchev–Trinajstić information content (AvgIpc) is 1.61. The van der Waals surface area contributed by atoms with E-state index in [4.69, 9.17) is 5.14 Å². The highest BCUT2D eigenvalue weighted by molar-refractivity contribution is 7.77. The molecular formula is C4H11NO2S. The molecule has 0 aliphatic carbocycles. The number of hydrogen-bond acceptors (Lipinski definition) is 2. The van der Waals surface area contributed by atoms with Gasteiger partial charge >= 0.3 is 0 Å². The van der Waals surface area contributed by atoms with Crippen molar-refractivity contribution in [3.8, 4) is 0 Å². The van der Waals surface area contributed by atoms with Crippen molar-refractivity contribution in [2.75, 3.05) is 6.61 Å². The van der Waals surface area contributed by atoms with Gasteiger partial charge in [0.1, 0.15) is 0 Å². The molecule has 0 aromatic rings. The molecule has 0 saturated heterocycles. The van der Waals surface area contributed by atoms with E-state index in [-0.39, 0.29) is 0 Å². The lowest BCUT2D eigenvalue weighted by atomic mass is 10.2. The Bertz CT molecular complexity index is 84.1. The predicted octanol–water partition coefficient (Wildman–Crippen LogP) is 0.196. The second kappa shape index (κ2) is 4.00. The summed E-state index contributed by atoms with van der Waals surface area (Å²) in [5.41, 5.74) is 0. The topological polar surface area (TPSA) is 52.3 Å². The van der Waals surface area contributed by atoms with Crippen LogP contribution in [0, 0.1) is 5.92 Å². The van der Waals surface area contributed by atoms with Crippen molar-refractivity contribution < 1.29 is 8.39 Å². The van der Waals surface area contributed by atoms with Gasteiger partial charge in [0, 0.05) is 0 Å². The molecule has 0 aliphatic heterocycles. The van der Waals surface area contributed by atoms with E-state index in [1.165, 1.54) is 0 Å². The third-order valence-electron chi connectivity index (χ3n) is 0.518. The first-order valence-corrected chi connectivity index (χ1v) is 3.56. The van der Waals surface area contributed by atoms with Crippen LogP contribution in [0.1, 0.15) is 13.8 Å². The second-order valence-electron chi connectivity index (χ2n) is 1.94. The normalized spacial score (nSPS) is 14.5. The Kier molecular flexibility index (Phi) is 4.03. The summed E-state index contributed by atoms with van der Waals surface area (Å²) in [6.07, 6.45) is 0. The van der Waals surface area contributed by atoms with Crippen LogP contribution in [-0.2, 0) is 15.4 Å². The molecule has 0 aromatic heterocycles. The van der Waals surface area contributed by atoms with Crippen LogP contribution in [0.25, 0.3) is 0 Å². The van der Waals surface area contributed by atoms with Gasteiger partial charge in [-0.2, -0.15) is 0 Å². The molecule has 0 aromatic carbocycles. The van der Waals surface area contributed by atoms with Crippen molar-refractivity contribution >= 4 is 11.3 Å². The van der Waals surface area contributed by atoms with Gasteiger partial charge in [-0.1, -0.05) is 13.8 Å². The Morgan fingerprint density at radius 1 is 1.75 bits per heavy atom. The summed E-state index contributed by atoms with van der Waals surface area (Å²) >= 11 is -1.59. The Morgan fingerprint density at radius 3 is 2.38 bits per heavy atom. The van der Waals surface area contributed by atoms with Crippen LogP contribution >= 0.6 is 0 Å². The first kappa shape index (κ1) is 8.07. The smallest absolute Gasteiger partial charge is 0.231 e. The number of hydrogen-bond donors (Lipinski definition) is 1. The summed E-state index contributed by atoms with van der Waals surface area (Å²) in [6, 6.07) is 0. The Morgan fingerprint density at radius 2 is 2.25 bits per heavy atom. The Balaban J connectivity index is 3.05. The van der Waals surface area contributed by atoms with Crippen LogP contribution in [0.5, 0.6) is 0 Å². The maximum Gasteiger partial charge on any atom is 0.231 e. The highest BCUT2D eigenvalue weighted by atomic mass is 32.2. The quantitative estimate of drug-likeness (QED) is 0.604. The maximum atomic E-state index is 10.0. The zero-order valence-electron chi connectivity index (χ0n) is 5.09. The minimum atomic E-state index is -1.59. The molecule has 0 aliphatic rings. The van der Waals surface area contributed by atoms with Gasteiger partial charge in [-0.25, -0.2) is 9.35 Å². The number of rotatable bonds is 3. The van der Waals surface area contributed by atoms with E-state index in [1.54, 1.807) is 0 Å². The fraction of sp³-hybridized carbons (Fsp3) is 1.00. The van der Waals surface area contributed by atoms with Crippen molar-refractivity contribution in [1.29, 1.82) is 0 Å². The van der Waals surface area contributed by atoms with Gasteiger partial charge in [0.25, 0.3) is 0 Å². The molecule has 0 radical (unpaired) electrons. The summed E-state index contributed by atoms with van der Waals surface area (Å²) in [5, 5.41) is 4.79. The molecule has 0 spiro atoms. The summed E-state index contributed by atoms with van der Waals surface area (Å²) in [6.45, 7) is 4.39. The molecule has 1 unspecified atom stereocenters. The summed E-state index contributed by atoms with van der Waals surface area (Å²) < 4.78 is 14.6. The lowest BCUT2D eigenvalue weighted by Crippen LogP contribution is -2.10. The van der Waals surface area contributed by atoms with E-state index in [0.717, 1.165) is 0 Å². The molecule has 50 valence electrons. The van der Waals surface area contributed by atoms with Gasteiger partial charge in [0.2, 0.25) is 11.3 Å². The molecular weight excluding hydrogens is 126 g/mol. The first-order chi connectivity index (χ1) is 3.63. The van der Waals surface area contributed by atoms with E-state index in [9.17, 15) is 4.21 Å². The Hall–Kier alpha value is 0.0700. The van der Waals surface area contributed by atoms with Gasteiger partial charge in [-0.15, -0.1) is 0 Å². The van der Waals surface area contributed by atoms with E-state index < -0.39 is 11.3 Å². The predicted molar refractivity (Wildman–Crippen MR) is 33.1 cm³/mol. The highest BCUT2D eigenvalue weighted by Gasteiger charge is 1.94. The van der Waals surface area contributed by atoms with Gasteiger partial charge in [-0.05, 0) is 5.92 Å². The van der Waals surface area contributed by atoms with Crippen molar-refractivity contribution in [2.45, 2.75) is 13.8 Å². The standard InChI is InChI=1S/C4H11NO2S/c1-4(2)3-7-8(5)6/h4H,3,5H2,1-2H3. The van der Waals surface area contributed by atoms with E-state index in [0.29, 0.717) is 12.5 Å². The molecule has 0 heterocycles. The molecule has 0 fully saturated rings. The number of nitrogens with two attached hydrogens (primary N) is 1. The van der Waals surface area contributed by atoms with Crippen molar-refractivity contribution in [1.82, 2.24) is 0 Å². The Labute approximate surface area is 52.0 Å². The maximum absolute atomic E-state index is 10.0. The van der Waals surface area contributed by atoms with Crippen molar-refractivity contribution in [2.24, 2.45) is 11.1 Å². The molecule has 0 saturated carbocycles. The summed E-state index contributed by atoms with van der Waals surface area (Å²) in [4.78, 5) is 0. The van der Waals surface area contributed by atoms with Gasteiger partial charge in [0.05, 0.1) is 6.61 Å². The van der Waals surface area contributed by atoms with Crippen LogP contribution in [0.3, 0.4) is 0 Å². The van der Waals surface area contributed by atoms with Crippen LogP contribution in [0.4, 0.5) is 0 Å². The third-order valence-corrected chi connectivity index (χ3v) is 0.886. The van der Waals surface area contributed by atoms with E-state index in [1.807, 2.05) is 13.8 Å². The molecule has 2 N–H and O–H groups in total. The molecule has 3 nitrogen and oxygen atoms in total. The zero-order valence-corrected chi connectivity index (χ0v) is 5.90. The molecule has 0 rings (SSSR count). The lowest BCUT2D eigenvalue weighted by molar-refractivity contribution is 0.297. The van der Waals surface area contributed by atoms with Crippen molar-refractivity contribution in [3.05, 3.63) is 0 Å². The molecule has 1 atom stereocenters. The second-order valence-corrected chi connectivity index (χ2v) is 2.70. The minimum absolute atomic E-state index is 0.391. The van der Waals surface area contributed by atoms with Crippen LogP contribution in [0.2, 0.25) is 0 Å². The first-order valence-electron chi connectivity index (χ1n) is 2.42.